The standard InChI is InChI=1S/C29H35ClN6O2/c1-19-13-20(15-24(30)14-19)18-36-12-10-25(35-26(28(36)38)7-4-11-33-29(31)32)17-34-27(37)23-9-8-21-5-2-3-6-22(21)16-23/h2-3,5-6,8-9,13-16,25-26,35H,4,7,10-12,17-18H2,1H3,(H,34,37)(H4,31,32,33). The summed E-state index contributed by atoms with van der Waals surface area (Å²) in [5.41, 5.74) is 13.6. The number of nitrogens with two attached hydrogens (primary N) is 2. The van der Waals surface area contributed by atoms with Gasteiger partial charge in [-0.15, -0.1) is 0 Å². The lowest BCUT2D eigenvalue weighted by atomic mass is 10.1. The van der Waals surface area contributed by atoms with E-state index in [4.69, 9.17) is 23.1 Å². The minimum Gasteiger partial charge on any atom is -0.370 e. The fourth-order valence-electron chi connectivity index (χ4n) is 4.88. The Kier molecular flexibility index (Phi) is 9.20. The zero-order chi connectivity index (χ0) is 27.1. The lowest BCUT2D eigenvalue weighted by Crippen LogP contribution is -2.48. The van der Waals surface area contributed by atoms with Gasteiger partial charge in [0.25, 0.3) is 5.91 Å². The van der Waals surface area contributed by atoms with Crippen molar-refractivity contribution in [2.45, 2.75) is 44.8 Å². The fourth-order valence-corrected chi connectivity index (χ4v) is 5.19. The molecule has 0 bridgehead atoms. The lowest BCUT2D eigenvalue weighted by molar-refractivity contribution is -0.133. The summed E-state index contributed by atoms with van der Waals surface area (Å²) < 4.78 is 0. The second kappa shape index (κ2) is 12.8. The Morgan fingerprint density at radius 3 is 2.68 bits per heavy atom. The minimum atomic E-state index is -0.408. The Morgan fingerprint density at radius 2 is 1.92 bits per heavy atom. The number of aliphatic imine (C=N–C) groups is 1. The van der Waals surface area contributed by atoms with Crippen LogP contribution in [-0.2, 0) is 11.3 Å². The molecule has 0 saturated carbocycles. The van der Waals surface area contributed by atoms with Gasteiger partial charge in [-0.05, 0) is 72.4 Å². The molecule has 38 heavy (non-hydrogen) atoms. The first-order valence-electron chi connectivity index (χ1n) is 12.9. The maximum Gasteiger partial charge on any atom is 0.251 e. The minimum absolute atomic E-state index is 0.0238. The van der Waals surface area contributed by atoms with Crippen molar-refractivity contribution in [1.29, 1.82) is 0 Å². The summed E-state index contributed by atoms with van der Waals surface area (Å²) in [5.74, 6) is -0.0724. The quantitative estimate of drug-likeness (QED) is 0.190. The number of amides is 2. The average molecular weight is 535 g/mol. The van der Waals surface area contributed by atoms with Crippen molar-refractivity contribution in [1.82, 2.24) is 15.5 Å². The van der Waals surface area contributed by atoms with Crippen LogP contribution >= 0.6 is 11.6 Å². The van der Waals surface area contributed by atoms with E-state index in [2.05, 4.69) is 15.6 Å². The molecule has 0 spiro atoms. The Balaban J connectivity index is 1.44. The SMILES string of the molecule is Cc1cc(Cl)cc(CN2CCC(CNC(=O)c3ccc4ccccc4c3)NC(CCCN=C(N)N)C2=O)c1. The molecular weight excluding hydrogens is 500 g/mol. The smallest absolute Gasteiger partial charge is 0.251 e. The Hall–Kier alpha value is -3.62. The monoisotopic (exact) mass is 534 g/mol. The average Bonchev–Trinajstić information content (AvgIpc) is 3.03. The van der Waals surface area contributed by atoms with Crippen LogP contribution in [0.5, 0.6) is 0 Å². The summed E-state index contributed by atoms with van der Waals surface area (Å²) in [7, 11) is 0. The number of rotatable bonds is 9. The van der Waals surface area contributed by atoms with Crippen LogP contribution in [-0.4, -0.2) is 54.4 Å². The van der Waals surface area contributed by atoms with E-state index in [9.17, 15) is 9.59 Å². The molecule has 8 nitrogen and oxygen atoms in total. The molecule has 2 unspecified atom stereocenters. The maximum absolute atomic E-state index is 13.5. The van der Waals surface area contributed by atoms with E-state index < -0.39 is 6.04 Å². The lowest BCUT2D eigenvalue weighted by Gasteiger charge is -2.25. The topological polar surface area (TPSA) is 126 Å². The molecule has 3 aromatic rings. The third-order valence-corrected chi connectivity index (χ3v) is 6.95. The number of nitrogens with one attached hydrogen (secondary N) is 2. The highest BCUT2D eigenvalue weighted by Crippen LogP contribution is 2.20. The van der Waals surface area contributed by atoms with E-state index in [1.165, 1.54) is 0 Å². The summed E-state index contributed by atoms with van der Waals surface area (Å²) in [6, 6.07) is 19.0. The third kappa shape index (κ3) is 7.46. The Labute approximate surface area is 228 Å². The van der Waals surface area contributed by atoms with Gasteiger partial charge in [0, 0.05) is 42.8 Å². The molecule has 1 fully saturated rings. The molecule has 0 aromatic heterocycles. The number of fused-ring (bicyclic) bond motifs is 1. The van der Waals surface area contributed by atoms with Gasteiger partial charge in [-0.2, -0.15) is 0 Å². The molecule has 9 heteroatoms. The summed E-state index contributed by atoms with van der Waals surface area (Å²) in [4.78, 5) is 32.4. The van der Waals surface area contributed by atoms with Crippen LogP contribution in [0.4, 0.5) is 0 Å². The van der Waals surface area contributed by atoms with Gasteiger partial charge in [-0.3, -0.25) is 14.6 Å². The summed E-state index contributed by atoms with van der Waals surface area (Å²) in [5, 5.41) is 9.31. The van der Waals surface area contributed by atoms with Crippen LogP contribution in [0.25, 0.3) is 10.8 Å². The van der Waals surface area contributed by atoms with Crippen molar-refractivity contribution in [3.05, 3.63) is 82.4 Å². The molecular formula is C29H35ClN6O2. The van der Waals surface area contributed by atoms with Crippen molar-refractivity contribution >= 4 is 40.1 Å². The second-order valence-corrected chi connectivity index (χ2v) is 10.3. The van der Waals surface area contributed by atoms with Crippen molar-refractivity contribution in [3.8, 4) is 0 Å². The molecule has 0 aliphatic carbocycles. The van der Waals surface area contributed by atoms with Gasteiger partial charge in [0.05, 0.1) is 6.04 Å². The first-order chi connectivity index (χ1) is 18.3. The van der Waals surface area contributed by atoms with E-state index in [1.54, 1.807) is 0 Å². The molecule has 1 heterocycles. The van der Waals surface area contributed by atoms with Gasteiger partial charge in [0.1, 0.15) is 0 Å². The molecule has 4 rings (SSSR count). The van der Waals surface area contributed by atoms with Crippen LogP contribution in [0.15, 0.2) is 65.7 Å². The first kappa shape index (κ1) is 27.4. The van der Waals surface area contributed by atoms with Crippen LogP contribution in [0.1, 0.15) is 40.7 Å². The number of benzene rings is 3. The molecule has 1 saturated heterocycles. The first-order valence-corrected chi connectivity index (χ1v) is 13.3. The second-order valence-electron chi connectivity index (χ2n) is 9.82. The van der Waals surface area contributed by atoms with E-state index in [-0.39, 0.29) is 23.8 Å². The van der Waals surface area contributed by atoms with Crippen molar-refractivity contribution < 1.29 is 9.59 Å². The molecule has 1 aliphatic heterocycles. The number of guanidine groups is 1. The predicted octanol–water partition coefficient (Wildman–Crippen LogP) is 3.34. The van der Waals surface area contributed by atoms with Gasteiger partial charge in [0.2, 0.25) is 5.91 Å². The summed E-state index contributed by atoms with van der Waals surface area (Å²) in [6.07, 6.45) is 1.94. The van der Waals surface area contributed by atoms with Crippen LogP contribution in [0.2, 0.25) is 5.02 Å². The molecule has 200 valence electrons. The largest absolute Gasteiger partial charge is 0.370 e. The summed E-state index contributed by atoms with van der Waals surface area (Å²) >= 11 is 6.26. The van der Waals surface area contributed by atoms with Crippen molar-refractivity contribution in [2.24, 2.45) is 16.5 Å². The zero-order valence-electron chi connectivity index (χ0n) is 21.6. The van der Waals surface area contributed by atoms with E-state index >= 15 is 0 Å². The van der Waals surface area contributed by atoms with Crippen LogP contribution < -0.4 is 22.1 Å². The number of nitrogens with zero attached hydrogens (tertiary/aromatic N) is 2. The van der Waals surface area contributed by atoms with Crippen LogP contribution in [0.3, 0.4) is 0 Å². The predicted molar refractivity (Wildman–Crippen MR) is 153 cm³/mol. The number of halogens is 1. The highest BCUT2D eigenvalue weighted by molar-refractivity contribution is 6.30. The Morgan fingerprint density at radius 1 is 1.13 bits per heavy atom. The number of carbonyl (C=O) groups excluding carboxylic acids is 2. The zero-order valence-corrected chi connectivity index (χ0v) is 22.4. The normalized spacial score (nSPS) is 17.7. The number of hydrogen-bond donors (Lipinski definition) is 4. The third-order valence-electron chi connectivity index (χ3n) is 6.74. The van der Waals surface area contributed by atoms with Gasteiger partial charge >= 0.3 is 0 Å². The molecule has 2 amide bonds. The van der Waals surface area contributed by atoms with Gasteiger partial charge in [-0.25, -0.2) is 0 Å². The molecule has 1 aliphatic rings. The number of carbonyl (C=O) groups is 2. The number of aryl methyl sites for hydroxylation is 1. The van der Waals surface area contributed by atoms with Gasteiger partial charge < -0.3 is 27.0 Å². The fraction of sp³-hybridized carbons (Fsp3) is 0.345. The number of hydrogen-bond acceptors (Lipinski definition) is 4. The molecule has 6 N–H and O–H groups in total. The molecule has 2 atom stereocenters. The van der Waals surface area contributed by atoms with Crippen molar-refractivity contribution in [3.63, 3.8) is 0 Å². The summed E-state index contributed by atoms with van der Waals surface area (Å²) in [6.45, 7) is 3.89. The van der Waals surface area contributed by atoms with Crippen LogP contribution in [0, 0.1) is 6.92 Å². The van der Waals surface area contributed by atoms with Gasteiger partial charge in [0.15, 0.2) is 5.96 Å². The molecule has 0 radical (unpaired) electrons. The van der Waals surface area contributed by atoms with Gasteiger partial charge in [-0.1, -0.05) is 48.0 Å². The Bertz CT molecular complexity index is 1300. The maximum atomic E-state index is 13.5. The highest BCUT2D eigenvalue weighted by Gasteiger charge is 2.30. The molecule has 3 aromatic carbocycles. The van der Waals surface area contributed by atoms with E-state index in [0.29, 0.717) is 56.0 Å². The van der Waals surface area contributed by atoms with Crippen molar-refractivity contribution in [2.75, 3.05) is 19.6 Å². The van der Waals surface area contributed by atoms with E-state index in [1.807, 2.05) is 72.5 Å². The highest BCUT2D eigenvalue weighted by atomic mass is 35.5. The van der Waals surface area contributed by atoms with E-state index in [0.717, 1.165) is 21.9 Å².